The zero-order chi connectivity index (χ0) is 27.2. The van der Waals surface area contributed by atoms with Crippen molar-refractivity contribution in [2.24, 2.45) is 0 Å². The summed E-state index contributed by atoms with van der Waals surface area (Å²) >= 11 is 0. The highest BCUT2D eigenvalue weighted by atomic mass is 16.6. The molecule has 3 saturated heterocycles. The highest BCUT2D eigenvalue weighted by Gasteiger charge is 2.45. The number of hydrogen-bond donors (Lipinski definition) is 1. The van der Waals surface area contributed by atoms with Gasteiger partial charge in [-0.3, -0.25) is 34.3 Å². The molecule has 5 rings (SSSR count). The number of imide groups is 2. The predicted octanol–water partition coefficient (Wildman–Crippen LogP) is 1.61. The van der Waals surface area contributed by atoms with Gasteiger partial charge in [-0.15, -0.1) is 0 Å². The average Bonchev–Trinajstić information content (AvgIpc) is 3.12. The van der Waals surface area contributed by atoms with Crippen LogP contribution < -0.4 is 10.2 Å². The minimum absolute atomic E-state index is 0.0966. The van der Waals surface area contributed by atoms with Gasteiger partial charge in [-0.25, -0.2) is 4.79 Å². The molecule has 5 amide bonds. The van der Waals surface area contributed by atoms with Crippen molar-refractivity contribution in [1.29, 1.82) is 0 Å². The van der Waals surface area contributed by atoms with Crippen LogP contribution in [0.4, 0.5) is 10.5 Å². The summed E-state index contributed by atoms with van der Waals surface area (Å²) in [6.07, 6.45) is 1.80. The fraction of sp³-hybridized carbons (Fsp3) is 0.593. The van der Waals surface area contributed by atoms with Crippen LogP contribution in [0, 0.1) is 0 Å². The molecule has 0 spiro atoms. The second kappa shape index (κ2) is 10.0. The fourth-order valence-corrected chi connectivity index (χ4v) is 5.74. The Hall–Kier alpha value is -3.47. The number of likely N-dealkylation sites (tertiary alicyclic amines) is 1. The summed E-state index contributed by atoms with van der Waals surface area (Å²) in [7, 11) is 0. The van der Waals surface area contributed by atoms with Crippen molar-refractivity contribution in [2.45, 2.75) is 64.1 Å². The van der Waals surface area contributed by atoms with Crippen LogP contribution in [0.25, 0.3) is 0 Å². The number of nitrogens with zero attached hydrogens (tertiary/aromatic N) is 4. The Labute approximate surface area is 222 Å². The van der Waals surface area contributed by atoms with Crippen molar-refractivity contribution in [1.82, 2.24) is 20.0 Å². The van der Waals surface area contributed by atoms with Crippen molar-refractivity contribution in [3.63, 3.8) is 0 Å². The maximum atomic E-state index is 13.2. The van der Waals surface area contributed by atoms with Gasteiger partial charge in [0.1, 0.15) is 11.6 Å². The number of anilines is 1. The third-order valence-corrected chi connectivity index (χ3v) is 7.74. The smallest absolute Gasteiger partial charge is 0.410 e. The van der Waals surface area contributed by atoms with Gasteiger partial charge in [0.2, 0.25) is 11.8 Å². The van der Waals surface area contributed by atoms with E-state index < -0.39 is 35.3 Å². The minimum Gasteiger partial charge on any atom is -0.444 e. The predicted molar refractivity (Wildman–Crippen MR) is 138 cm³/mol. The highest BCUT2D eigenvalue weighted by Crippen LogP contribution is 2.31. The monoisotopic (exact) mass is 525 g/mol. The summed E-state index contributed by atoms with van der Waals surface area (Å²) in [5.74, 6) is -1.98. The first kappa shape index (κ1) is 26.1. The number of ether oxygens (including phenoxy) is 1. The zero-order valence-electron chi connectivity index (χ0n) is 22.2. The van der Waals surface area contributed by atoms with E-state index in [0.29, 0.717) is 30.3 Å². The van der Waals surface area contributed by atoms with Crippen LogP contribution in [-0.4, -0.2) is 101 Å². The molecule has 0 aliphatic carbocycles. The molecule has 1 unspecified atom stereocenters. The Morgan fingerprint density at radius 1 is 0.895 bits per heavy atom. The van der Waals surface area contributed by atoms with Crippen molar-refractivity contribution in [3.8, 4) is 0 Å². The van der Waals surface area contributed by atoms with Gasteiger partial charge in [-0.2, -0.15) is 0 Å². The first-order valence-electron chi connectivity index (χ1n) is 13.3. The van der Waals surface area contributed by atoms with Gasteiger partial charge < -0.3 is 14.5 Å². The lowest BCUT2D eigenvalue weighted by Crippen LogP contribution is -2.54. The third-order valence-electron chi connectivity index (χ3n) is 7.74. The van der Waals surface area contributed by atoms with Crippen LogP contribution in [0.5, 0.6) is 0 Å². The molecule has 0 radical (unpaired) electrons. The SMILES string of the molecule is CC(C)(C)OC(=O)N1CCC(N2CCN(c3ccc4c(c3)C(=O)N(C3CCC(=O)NC3=O)C4=O)CC2)CC1. The standard InChI is InChI=1S/C27H35N5O6/c1-27(2,3)38-26(37)31-10-8-17(9-11-31)29-12-14-30(15-13-29)18-4-5-19-20(16-18)25(36)32(24(19)35)21-6-7-22(33)28-23(21)34/h4-5,16-17,21H,6-15H2,1-3H3,(H,28,33,34). The van der Waals surface area contributed by atoms with E-state index in [9.17, 15) is 24.0 Å². The average molecular weight is 526 g/mol. The van der Waals surface area contributed by atoms with Gasteiger partial charge in [0.15, 0.2) is 0 Å². The summed E-state index contributed by atoms with van der Waals surface area (Å²) < 4.78 is 5.50. The largest absolute Gasteiger partial charge is 0.444 e. The number of benzene rings is 1. The van der Waals surface area contributed by atoms with Gasteiger partial charge in [-0.05, 0) is 58.2 Å². The molecule has 1 N–H and O–H groups in total. The van der Waals surface area contributed by atoms with E-state index in [1.165, 1.54) is 0 Å². The Kier molecular flexibility index (Phi) is 6.89. The maximum absolute atomic E-state index is 13.2. The second-order valence-electron chi connectivity index (χ2n) is 11.4. The van der Waals surface area contributed by atoms with Gasteiger partial charge in [-0.1, -0.05) is 0 Å². The molecule has 1 aromatic carbocycles. The molecule has 4 heterocycles. The number of fused-ring (bicyclic) bond motifs is 1. The molecule has 0 bridgehead atoms. The summed E-state index contributed by atoms with van der Waals surface area (Å²) in [4.78, 5) is 69.7. The molecule has 11 heteroatoms. The van der Waals surface area contributed by atoms with Crippen LogP contribution in [-0.2, 0) is 14.3 Å². The summed E-state index contributed by atoms with van der Waals surface area (Å²) in [5.41, 5.74) is 0.963. The van der Waals surface area contributed by atoms with Crippen molar-refractivity contribution >= 4 is 35.4 Å². The van der Waals surface area contributed by atoms with Crippen LogP contribution in [0.2, 0.25) is 0 Å². The Morgan fingerprint density at radius 2 is 1.55 bits per heavy atom. The molecule has 0 aromatic heterocycles. The number of amides is 5. The minimum atomic E-state index is -0.964. The van der Waals surface area contributed by atoms with E-state index in [-0.39, 0.29) is 18.9 Å². The number of hydrogen-bond acceptors (Lipinski definition) is 8. The fourth-order valence-electron chi connectivity index (χ4n) is 5.74. The topological polar surface area (TPSA) is 120 Å². The number of nitrogens with one attached hydrogen (secondary N) is 1. The van der Waals surface area contributed by atoms with Crippen molar-refractivity contribution < 1.29 is 28.7 Å². The summed E-state index contributed by atoms with van der Waals surface area (Å²) in [5, 5.41) is 2.22. The molecule has 1 atom stereocenters. The first-order valence-corrected chi connectivity index (χ1v) is 13.3. The van der Waals surface area contributed by atoms with Crippen LogP contribution in [0.3, 0.4) is 0 Å². The molecule has 1 aromatic rings. The number of piperidine rings is 2. The molecular weight excluding hydrogens is 490 g/mol. The van der Waals surface area contributed by atoms with Crippen LogP contribution >= 0.6 is 0 Å². The van der Waals surface area contributed by atoms with Gasteiger partial charge in [0.25, 0.3) is 11.8 Å². The van der Waals surface area contributed by atoms with E-state index in [1.54, 1.807) is 17.0 Å². The third kappa shape index (κ3) is 5.11. The van der Waals surface area contributed by atoms with E-state index in [0.717, 1.165) is 49.6 Å². The molecular formula is C27H35N5O6. The van der Waals surface area contributed by atoms with Crippen molar-refractivity contribution in [3.05, 3.63) is 29.3 Å². The Bertz CT molecular complexity index is 1160. The number of piperazine rings is 1. The lowest BCUT2D eigenvalue weighted by Gasteiger charge is -2.43. The van der Waals surface area contributed by atoms with E-state index >= 15 is 0 Å². The Balaban J connectivity index is 1.17. The highest BCUT2D eigenvalue weighted by molar-refractivity contribution is 6.23. The second-order valence-corrected chi connectivity index (χ2v) is 11.4. The lowest BCUT2D eigenvalue weighted by atomic mass is 10.0. The maximum Gasteiger partial charge on any atom is 0.410 e. The van der Waals surface area contributed by atoms with E-state index in [2.05, 4.69) is 15.1 Å². The molecule has 204 valence electrons. The zero-order valence-corrected chi connectivity index (χ0v) is 22.2. The summed E-state index contributed by atoms with van der Waals surface area (Å²) in [6, 6.07) is 4.71. The quantitative estimate of drug-likeness (QED) is 0.592. The van der Waals surface area contributed by atoms with Gasteiger partial charge in [0.05, 0.1) is 11.1 Å². The molecule has 11 nitrogen and oxygen atoms in total. The Morgan fingerprint density at radius 3 is 2.18 bits per heavy atom. The molecule has 38 heavy (non-hydrogen) atoms. The van der Waals surface area contributed by atoms with Crippen molar-refractivity contribution in [2.75, 3.05) is 44.2 Å². The van der Waals surface area contributed by atoms with Crippen LogP contribution in [0.15, 0.2) is 18.2 Å². The van der Waals surface area contributed by atoms with E-state index in [4.69, 9.17) is 4.74 Å². The first-order chi connectivity index (χ1) is 18.0. The lowest BCUT2D eigenvalue weighted by molar-refractivity contribution is -0.136. The van der Waals surface area contributed by atoms with E-state index in [1.807, 2.05) is 26.8 Å². The molecule has 4 aliphatic rings. The van der Waals surface area contributed by atoms with Gasteiger partial charge >= 0.3 is 6.09 Å². The molecule has 4 aliphatic heterocycles. The number of rotatable bonds is 3. The molecule has 3 fully saturated rings. The number of carbonyl (C=O) groups excluding carboxylic acids is 5. The van der Waals surface area contributed by atoms with Crippen LogP contribution in [0.1, 0.15) is 67.2 Å². The molecule has 0 saturated carbocycles. The summed E-state index contributed by atoms with van der Waals surface area (Å²) in [6.45, 7) is 10.3. The number of carbonyl (C=O) groups is 5. The normalized spacial score (nSPS) is 23.6. The van der Waals surface area contributed by atoms with Gasteiger partial charge in [0, 0.05) is 57.4 Å².